The maximum Gasteiger partial charge on any atom is 0.293 e. The first kappa shape index (κ1) is 17.1. The van der Waals surface area contributed by atoms with Crippen molar-refractivity contribution in [3.8, 4) is 0 Å². The molecule has 126 valence electrons. The van der Waals surface area contributed by atoms with Crippen LogP contribution in [-0.4, -0.2) is 42.9 Å². The molecule has 23 heavy (non-hydrogen) atoms. The van der Waals surface area contributed by atoms with Gasteiger partial charge in [0.15, 0.2) is 0 Å². The fourth-order valence-corrected chi connectivity index (χ4v) is 2.42. The van der Waals surface area contributed by atoms with Gasteiger partial charge in [0.1, 0.15) is 5.69 Å². The summed E-state index contributed by atoms with van der Waals surface area (Å²) in [5.41, 5.74) is 5.09. The van der Waals surface area contributed by atoms with Crippen molar-refractivity contribution in [1.82, 2.24) is 5.32 Å². The third kappa shape index (κ3) is 4.13. The fraction of sp³-hybridized carbons (Fsp3) is 0.500. The maximum atomic E-state index is 13.1. The maximum absolute atomic E-state index is 13.1. The van der Waals surface area contributed by atoms with Gasteiger partial charge in [0.05, 0.1) is 18.0 Å². The fourth-order valence-electron chi connectivity index (χ4n) is 2.42. The summed E-state index contributed by atoms with van der Waals surface area (Å²) in [4.78, 5) is 24.4. The number of amides is 1. The average Bonchev–Trinajstić information content (AvgIpc) is 3.06. The lowest BCUT2D eigenvalue weighted by Crippen LogP contribution is -2.41. The smallest absolute Gasteiger partial charge is 0.293 e. The summed E-state index contributed by atoms with van der Waals surface area (Å²) in [5.74, 6) is -4.01. The lowest BCUT2D eigenvalue weighted by Gasteiger charge is -2.18. The number of hydrogen-bond acceptors (Lipinski definition) is 5. The molecule has 1 fully saturated rings. The number of carbonyl (C=O) groups is 1. The van der Waals surface area contributed by atoms with E-state index in [1.807, 2.05) is 10.2 Å². The van der Waals surface area contributed by atoms with Crippen molar-refractivity contribution in [3.05, 3.63) is 33.9 Å². The molecule has 3 N–H and O–H groups in total. The monoisotopic (exact) mass is 328 g/mol. The molecule has 0 atom stereocenters. The van der Waals surface area contributed by atoms with Crippen LogP contribution in [0.4, 0.5) is 20.2 Å². The number of nitrogens with zero attached hydrogens (tertiary/aromatic N) is 2. The number of rotatable bonds is 6. The van der Waals surface area contributed by atoms with Crippen LogP contribution in [0.2, 0.25) is 0 Å². The van der Waals surface area contributed by atoms with E-state index >= 15 is 0 Å². The Morgan fingerprint density at radius 2 is 2.04 bits per heavy atom. The third-order valence-corrected chi connectivity index (χ3v) is 3.69. The van der Waals surface area contributed by atoms with Gasteiger partial charge >= 0.3 is 0 Å². The van der Waals surface area contributed by atoms with Gasteiger partial charge in [-0.25, -0.2) is 8.78 Å². The minimum Gasteiger partial charge on any atom is -0.366 e. The van der Waals surface area contributed by atoms with Gasteiger partial charge in [0.25, 0.3) is 17.5 Å². The summed E-state index contributed by atoms with van der Waals surface area (Å²) in [6, 6.07) is 4.00. The van der Waals surface area contributed by atoms with Gasteiger partial charge in [-0.05, 0) is 25.0 Å². The van der Waals surface area contributed by atoms with Gasteiger partial charge in [-0.15, -0.1) is 0 Å². The minimum absolute atomic E-state index is 0.0348. The second kappa shape index (κ2) is 6.86. The van der Waals surface area contributed by atoms with E-state index in [0.717, 1.165) is 32.0 Å². The molecule has 2 rings (SSSR count). The Bertz CT molecular complexity index is 604. The first-order valence-corrected chi connectivity index (χ1v) is 7.23. The highest BCUT2D eigenvalue weighted by molar-refractivity contribution is 5.95. The molecular weight excluding hydrogens is 310 g/mol. The Labute approximate surface area is 131 Å². The lowest BCUT2D eigenvalue weighted by molar-refractivity contribution is -0.384. The van der Waals surface area contributed by atoms with Crippen LogP contribution in [0, 0.1) is 10.1 Å². The predicted molar refractivity (Wildman–Crippen MR) is 80.9 cm³/mol. The molecular formula is C14H18F2N4O3. The normalized spacial score (nSPS) is 14.8. The number of nitro groups is 1. The molecule has 1 heterocycles. The summed E-state index contributed by atoms with van der Waals surface area (Å²) < 4.78 is 26.1. The van der Waals surface area contributed by atoms with Gasteiger partial charge in [-0.3, -0.25) is 14.9 Å². The van der Waals surface area contributed by atoms with E-state index in [0.29, 0.717) is 5.69 Å². The molecule has 1 aromatic carbocycles. The van der Waals surface area contributed by atoms with E-state index in [9.17, 15) is 23.7 Å². The van der Waals surface area contributed by atoms with E-state index in [1.54, 1.807) is 0 Å². The third-order valence-electron chi connectivity index (χ3n) is 3.69. The summed E-state index contributed by atoms with van der Waals surface area (Å²) in [6.45, 7) is -0.366. The van der Waals surface area contributed by atoms with Crippen LogP contribution >= 0.6 is 0 Å². The van der Waals surface area contributed by atoms with Crippen molar-refractivity contribution in [3.63, 3.8) is 0 Å². The zero-order valence-corrected chi connectivity index (χ0v) is 12.4. The van der Waals surface area contributed by atoms with Crippen LogP contribution < -0.4 is 16.0 Å². The molecule has 0 radical (unpaired) electrons. The van der Waals surface area contributed by atoms with Crippen LogP contribution in [0.15, 0.2) is 18.2 Å². The zero-order chi connectivity index (χ0) is 17.0. The van der Waals surface area contributed by atoms with Gasteiger partial charge in [0, 0.05) is 24.7 Å². The molecule has 1 aromatic rings. The highest BCUT2D eigenvalue weighted by Crippen LogP contribution is 2.31. The number of halogens is 2. The van der Waals surface area contributed by atoms with E-state index in [-0.39, 0.29) is 11.3 Å². The zero-order valence-electron chi connectivity index (χ0n) is 12.4. The van der Waals surface area contributed by atoms with Crippen molar-refractivity contribution in [1.29, 1.82) is 0 Å². The molecule has 0 aromatic heterocycles. The average molecular weight is 328 g/mol. The molecule has 1 aliphatic rings. The number of nitrogens with two attached hydrogens (primary N) is 1. The standard InChI is InChI=1S/C14H18F2N4O3/c15-14(16,8-17)9-18-13(21)10-3-4-11(12(7-10)20(22)23)19-5-1-2-6-19/h3-4,7H,1-2,5-6,8-9,17H2,(H,18,21). The Kier molecular flexibility index (Phi) is 5.09. The largest absolute Gasteiger partial charge is 0.366 e. The van der Waals surface area contributed by atoms with Crippen molar-refractivity contribution < 1.29 is 18.5 Å². The number of hydrogen-bond donors (Lipinski definition) is 2. The SMILES string of the molecule is NCC(F)(F)CNC(=O)c1ccc(N2CCCC2)c([N+](=O)[O-])c1. The van der Waals surface area contributed by atoms with Crippen molar-refractivity contribution in [2.75, 3.05) is 31.1 Å². The van der Waals surface area contributed by atoms with Crippen molar-refractivity contribution in [2.45, 2.75) is 18.8 Å². The van der Waals surface area contributed by atoms with E-state index < -0.39 is 29.8 Å². The highest BCUT2D eigenvalue weighted by atomic mass is 19.3. The Hall–Kier alpha value is -2.29. The number of anilines is 1. The van der Waals surface area contributed by atoms with Gasteiger partial charge < -0.3 is 16.0 Å². The first-order valence-electron chi connectivity index (χ1n) is 7.23. The molecule has 0 aliphatic carbocycles. The van der Waals surface area contributed by atoms with Crippen LogP contribution in [0.3, 0.4) is 0 Å². The summed E-state index contributed by atoms with van der Waals surface area (Å²) in [6.07, 6.45) is 1.90. The van der Waals surface area contributed by atoms with Crippen molar-refractivity contribution in [2.24, 2.45) is 5.73 Å². The molecule has 0 unspecified atom stereocenters. The minimum atomic E-state index is -3.21. The Morgan fingerprint density at radius 3 is 2.61 bits per heavy atom. The molecule has 7 nitrogen and oxygen atoms in total. The van der Waals surface area contributed by atoms with Crippen LogP contribution in [0.1, 0.15) is 23.2 Å². The lowest BCUT2D eigenvalue weighted by atomic mass is 10.1. The van der Waals surface area contributed by atoms with Gasteiger partial charge in [-0.1, -0.05) is 0 Å². The number of benzene rings is 1. The molecule has 1 aliphatic heterocycles. The topological polar surface area (TPSA) is 102 Å². The first-order chi connectivity index (χ1) is 10.8. The Morgan fingerprint density at radius 1 is 1.39 bits per heavy atom. The highest BCUT2D eigenvalue weighted by Gasteiger charge is 2.28. The quantitative estimate of drug-likeness (QED) is 0.609. The number of alkyl halides is 2. The molecule has 0 spiro atoms. The number of carbonyl (C=O) groups excluding carboxylic acids is 1. The van der Waals surface area contributed by atoms with Crippen LogP contribution in [-0.2, 0) is 0 Å². The molecule has 9 heteroatoms. The number of nitro benzene ring substituents is 1. The van der Waals surface area contributed by atoms with E-state index in [4.69, 9.17) is 5.73 Å². The second-order valence-corrected chi connectivity index (χ2v) is 5.40. The molecule has 1 saturated heterocycles. The number of nitrogens with one attached hydrogen (secondary N) is 1. The predicted octanol–water partition coefficient (Wildman–Crippen LogP) is 1.52. The Balaban J connectivity index is 2.18. The van der Waals surface area contributed by atoms with E-state index in [2.05, 4.69) is 0 Å². The summed E-state index contributed by atoms with van der Waals surface area (Å²) in [7, 11) is 0. The van der Waals surface area contributed by atoms with E-state index in [1.165, 1.54) is 12.1 Å². The second-order valence-electron chi connectivity index (χ2n) is 5.40. The molecule has 0 bridgehead atoms. The summed E-state index contributed by atoms with van der Waals surface area (Å²) in [5, 5.41) is 13.3. The van der Waals surface area contributed by atoms with Gasteiger partial charge in [-0.2, -0.15) is 0 Å². The summed E-state index contributed by atoms with van der Waals surface area (Å²) >= 11 is 0. The van der Waals surface area contributed by atoms with Crippen molar-refractivity contribution >= 4 is 17.3 Å². The molecule has 1 amide bonds. The van der Waals surface area contributed by atoms with Gasteiger partial charge in [0.2, 0.25) is 0 Å². The molecule has 0 saturated carbocycles. The van der Waals surface area contributed by atoms with Crippen LogP contribution in [0.25, 0.3) is 0 Å². The van der Waals surface area contributed by atoms with Crippen LogP contribution in [0.5, 0.6) is 0 Å².